The van der Waals surface area contributed by atoms with E-state index in [1.165, 1.54) is 6.07 Å². The normalized spacial score (nSPS) is 22.8. The summed E-state index contributed by atoms with van der Waals surface area (Å²) < 4.78 is 41.3. The highest BCUT2D eigenvalue weighted by atomic mass is 19.4. The average Bonchev–Trinajstić information content (AvgIpc) is 2.77. The van der Waals surface area contributed by atoms with Crippen LogP contribution in [0.25, 0.3) is 0 Å². The van der Waals surface area contributed by atoms with Gasteiger partial charge in [-0.1, -0.05) is 36.4 Å². The minimum Gasteiger partial charge on any atom is -0.355 e. The molecule has 1 fully saturated rings. The van der Waals surface area contributed by atoms with Crippen LogP contribution < -0.4 is 10.5 Å². The number of nitrogens with zero attached hydrogens (tertiary/aromatic N) is 4. The SMILES string of the molecule is O=c1cccc2n1[C@@H](Cc1ccccc1)[C@H]1C[C@@H]2CN(c2ccnc(C(F)(F)F)n2)C1. The van der Waals surface area contributed by atoms with Crippen LogP contribution in [0, 0.1) is 5.92 Å². The van der Waals surface area contributed by atoms with Crippen molar-refractivity contribution in [2.45, 2.75) is 31.0 Å². The van der Waals surface area contributed by atoms with Crippen molar-refractivity contribution in [2.75, 3.05) is 18.0 Å². The molecule has 2 aliphatic rings. The molecule has 1 aromatic carbocycles. The summed E-state index contributed by atoms with van der Waals surface area (Å²) in [5.74, 6) is -0.666. The molecule has 0 spiro atoms. The van der Waals surface area contributed by atoms with E-state index in [1.54, 1.807) is 12.1 Å². The molecule has 0 aliphatic carbocycles. The van der Waals surface area contributed by atoms with Crippen LogP contribution in [0.15, 0.2) is 65.6 Å². The molecule has 0 N–H and O–H groups in total. The standard InChI is InChI=1S/C23H21F3N4O/c24-23(25,26)22-27-10-9-20(28-22)29-13-16-12-17(14-29)19(11-15-5-2-1-3-6-15)30-18(16)7-4-8-21(30)31/h1-10,16-17,19H,11-14H2/t16-,17+,19+/m1/s1. The molecule has 160 valence electrons. The van der Waals surface area contributed by atoms with E-state index >= 15 is 0 Å². The van der Waals surface area contributed by atoms with Gasteiger partial charge in [0.05, 0.1) is 0 Å². The fourth-order valence-electron chi connectivity index (χ4n) is 5.01. The Morgan fingerprint density at radius 2 is 1.81 bits per heavy atom. The first kappa shape index (κ1) is 19.8. The zero-order chi connectivity index (χ0) is 21.6. The van der Waals surface area contributed by atoms with Crippen molar-refractivity contribution >= 4 is 5.82 Å². The smallest absolute Gasteiger partial charge is 0.355 e. The van der Waals surface area contributed by atoms with Crippen molar-refractivity contribution in [3.05, 3.63) is 88.2 Å². The summed E-state index contributed by atoms with van der Waals surface area (Å²) in [6, 6.07) is 16.8. The average molecular weight is 426 g/mol. The van der Waals surface area contributed by atoms with Gasteiger partial charge in [-0.2, -0.15) is 13.2 Å². The third-order valence-corrected chi connectivity index (χ3v) is 6.30. The molecule has 0 unspecified atom stereocenters. The summed E-state index contributed by atoms with van der Waals surface area (Å²) in [6.45, 7) is 1.06. The molecular weight excluding hydrogens is 405 g/mol. The Hall–Kier alpha value is -3.16. The highest BCUT2D eigenvalue weighted by Crippen LogP contribution is 2.43. The molecule has 2 aliphatic heterocycles. The highest BCUT2D eigenvalue weighted by molar-refractivity contribution is 5.41. The number of alkyl halides is 3. The molecular formula is C23H21F3N4O. The van der Waals surface area contributed by atoms with Gasteiger partial charge in [0, 0.05) is 43.0 Å². The predicted molar refractivity (Wildman–Crippen MR) is 110 cm³/mol. The second kappa shape index (κ2) is 7.51. The molecule has 8 heteroatoms. The first-order valence-corrected chi connectivity index (χ1v) is 10.3. The fraction of sp³-hybridized carbons (Fsp3) is 0.348. The van der Waals surface area contributed by atoms with E-state index in [9.17, 15) is 18.0 Å². The van der Waals surface area contributed by atoms with Crippen molar-refractivity contribution in [3.63, 3.8) is 0 Å². The second-order valence-electron chi connectivity index (χ2n) is 8.25. The summed E-state index contributed by atoms with van der Waals surface area (Å²) in [4.78, 5) is 21.9. The van der Waals surface area contributed by atoms with Crippen LogP contribution in [-0.4, -0.2) is 27.6 Å². The molecule has 0 saturated carbocycles. The van der Waals surface area contributed by atoms with E-state index in [0.29, 0.717) is 19.5 Å². The number of hydrogen-bond acceptors (Lipinski definition) is 4. The molecule has 1 saturated heterocycles. The van der Waals surface area contributed by atoms with E-state index in [0.717, 1.165) is 23.9 Å². The van der Waals surface area contributed by atoms with Crippen molar-refractivity contribution in [1.82, 2.24) is 14.5 Å². The Bertz CT molecular complexity index is 1150. The number of pyridine rings is 1. The predicted octanol–water partition coefficient (Wildman–Crippen LogP) is 4.06. The van der Waals surface area contributed by atoms with Crippen molar-refractivity contribution in [1.29, 1.82) is 0 Å². The summed E-state index contributed by atoms with van der Waals surface area (Å²) in [5.41, 5.74) is 2.05. The Morgan fingerprint density at radius 1 is 1.00 bits per heavy atom. The van der Waals surface area contributed by atoms with Crippen LogP contribution in [0.2, 0.25) is 0 Å². The van der Waals surface area contributed by atoms with E-state index < -0.39 is 12.0 Å². The monoisotopic (exact) mass is 426 g/mol. The van der Waals surface area contributed by atoms with Crippen LogP contribution in [0.3, 0.4) is 0 Å². The lowest BCUT2D eigenvalue weighted by Gasteiger charge is -2.47. The van der Waals surface area contributed by atoms with E-state index in [4.69, 9.17) is 0 Å². The van der Waals surface area contributed by atoms with Gasteiger partial charge in [0.2, 0.25) is 5.82 Å². The van der Waals surface area contributed by atoms with Crippen molar-refractivity contribution in [2.24, 2.45) is 5.92 Å². The van der Waals surface area contributed by atoms with Gasteiger partial charge < -0.3 is 9.47 Å². The molecule has 5 nitrogen and oxygen atoms in total. The van der Waals surface area contributed by atoms with E-state index in [1.807, 2.05) is 45.9 Å². The van der Waals surface area contributed by atoms with Gasteiger partial charge in [-0.05, 0) is 36.5 Å². The zero-order valence-electron chi connectivity index (χ0n) is 16.7. The summed E-state index contributed by atoms with van der Waals surface area (Å²) in [7, 11) is 0. The molecule has 0 amide bonds. The van der Waals surface area contributed by atoms with Gasteiger partial charge in [0.15, 0.2) is 0 Å². The Kier molecular flexibility index (Phi) is 4.79. The Balaban J connectivity index is 1.53. The molecule has 3 atom stereocenters. The highest BCUT2D eigenvalue weighted by Gasteiger charge is 2.41. The number of aromatic nitrogens is 3. The van der Waals surface area contributed by atoms with Crippen LogP contribution in [0.1, 0.15) is 35.5 Å². The lowest BCUT2D eigenvalue weighted by Crippen LogP contribution is -2.50. The largest absolute Gasteiger partial charge is 0.451 e. The first-order valence-electron chi connectivity index (χ1n) is 10.3. The quantitative estimate of drug-likeness (QED) is 0.634. The van der Waals surface area contributed by atoms with Crippen LogP contribution in [0.5, 0.6) is 0 Å². The topological polar surface area (TPSA) is 51.0 Å². The molecule has 2 bridgehead atoms. The van der Waals surface area contributed by atoms with E-state index in [-0.39, 0.29) is 29.3 Å². The number of rotatable bonds is 3. The third kappa shape index (κ3) is 3.71. The Morgan fingerprint density at radius 3 is 2.58 bits per heavy atom. The number of hydrogen-bond donors (Lipinski definition) is 0. The van der Waals surface area contributed by atoms with Gasteiger partial charge in [0.25, 0.3) is 5.56 Å². The molecule has 0 radical (unpaired) electrons. The summed E-state index contributed by atoms with van der Waals surface area (Å²) in [5, 5.41) is 0. The summed E-state index contributed by atoms with van der Waals surface area (Å²) >= 11 is 0. The molecule has 5 rings (SSSR count). The van der Waals surface area contributed by atoms with Gasteiger partial charge in [0.1, 0.15) is 5.82 Å². The number of benzene rings is 1. The fourth-order valence-corrected chi connectivity index (χ4v) is 5.01. The van der Waals surface area contributed by atoms with Crippen LogP contribution in [-0.2, 0) is 12.6 Å². The second-order valence-corrected chi connectivity index (χ2v) is 8.25. The number of halogens is 3. The summed E-state index contributed by atoms with van der Waals surface area (Å²) in [6.07, 6.45) is -1.83. The maximum absolute atomic E-state index is 13.1. The first-order chi connectivity index (χ1) is 14.9. The lowest BCUT2D eigenvalue weighted by atomic mass is 9.76. The maximum atomic E-state index is 13.1. The van der Waals surface area contributed by atoms with Crippen LogP contribution >= 0.6 is 0 Å². The van der Waals surface area contributed by atoms with Crippen LogP contribution in [0.4, 0.5) is 19.0 Å². The minimum absolute atomic E-state index is 0.0250. The van der Waals surface area contributed by atoms with Gasteiger partial charge in [-0.15, -0.1) is 0 Å². The maximum Gasteiger partial charge on any atom is 0.451 e. The van der Waals surface area contributed by atoms with E-state index in [2.05, 4.69) is 9.97 Å². The third-order valence-electron chi connectivity index (χ3n) is 6.30. The zero-order valence-corrected chi connectivity index (χ0v) is 16.7. The number of fused-ring (bicyclic) bond motifs is 4. The molecule has 2 aromatic heterocycles. The van der Waals surface area contributed by atoms with Gasteiger partial charge in [-0.25, -0.2) is 9.97 Å². The lowest BCUT2D eigenvalue weighted by molar-refractivity contribution is -0.144. The number of anilines is 1. The van der Waals surface area contributed by atoms with Crippen molar-refractivity contribution < 1.29 is 13.2 Å². The Labute approximate surface area is 177 Å². The van der Waals surface area contributed by atoms with Crippen molar-refractivity contribution in [3.8, 4) is 0 Å². The van der Waals surface area contributed by atoms with Gasteiger partial charge >= 0.3 is 6.18 Å². The minimum atomic E-state index is -4.59. The molecule has 4 heterocycles. The number of piperidine rings is 1. The van der Waals surface area contributed by atoms with Gasteiger partial charge in [-0.3, -0.25) is 4.79 Å². The molecule has 3 aromatic rings. The molecule has 31 heavy (non-hydrogen) atoms.